The van der Waals surface area contributed by atoms with E-state index >= 15 is 0 Å². The van der Waals surface area contributed by atoms with Crippen molar-refractivity contribution in [3.05, 3.63) is 87.0 Å². The van der Waals surface area contributed by atoms with Gasteiger partial charge in [0, 0.05) is 30.0 Å². The highest BCUT2D eigenvalue weighted by Gasteiger charge is 2.44. The summed E-state index contributed by atoms with van der Waals surface area (Å²) in [7, 11) is 0. The van der Waals surface area contributed by atoms with Crippen molar-refractivity contribution >= 4 is 35.0 Å². The lowest BCUT2D eigenvalue weighted by atomic mass is 9.81. The zero-order valence-electron chi connectivity index (χ0n) is 21.6. The van der Waals surface area contributed by atoms with Crippen molar-refractivity contribution in [2.24, 2.45) is 0 Å². The van der Waals surface area contributed by atoms with Crippen LogP contribution in [0.15, 0.2) is 53.3 Å². The van der Waals surface area contributed by atoms with Crippen molar-refractivity contribution < 1.29 is 19.2 Å². The van der Waals surface area contributed by atoms with Crippen molar-refractivity contribution in [2.75, 3.05) is 18.0 Å². The molecule has 2 aromatic heterocycles. The Hall–Kier alpha value is -3.62. The van der Waals surface area contributed by atoms with Crippen LogP contribution in [0.3, 0.4) is 0 Å². The van der Waals surface area contributed by atoms with E-state index in [0.29, 0.717) is 39.6 Å². The molecule has 40 heavy (non-hydrogen) atoms. The number of hydrogen-bond acceptors (Lipinski definition) is 7. The van der Waals surface area contributed by atoms with Crippen molar-refractivity contribution in [3.63, 3.8) is 0 Å². The number of rotatable bonds is 7. The van der Waals surface area contributed by atoms with E-state index in [1.165, 1.54) is 17.3 Å². The number of aryl methyl sites for hydroxylation is 1. The molecule has 1 spiro atoms. The summed E-state index contributed by atoms with van der Waals surface area (Å²) < 4.78 is 12.2. The van der Waals surface area contributed by atoms with Gasteiger partial charge in [-0.05, 0) is 67.5 Å². The van der Waals surface area contributed by atoms with Gasteiger partial charge in [0.1, 0.15) is 29.6 Å². The van der Waals surface area contributed by atoms with Gasteiger partial charge in [-0.25, -0.2) is 14.8 Å². The van der Waals surface area contributed by atoms with Gasteiger partial charge in [0.2, 0.25) is 0 Å². The summed E-state index contributed by atoms with van der Waals surface area (Å²) >= 11 is 13.0. The standard InChI is InChI=1S/C30H26Cl2N4O4/c31-22-2-1-3-23(32)26(22)27-20(28(40-35-27)18-4-5-18)15-39-19-7-6-17-8-9-30(21(17)12-19)10-11-36(16-30)25-14-33-24(13-34-25)29(37)38/h1-3,6-7,12-14,18H,4-5,8-11,15-16H2,(H,37,38). The first-order valence-electron chi connectivity index (χ1n) is 13.4. The second-order valence-electron chi connectivity index (χ2n) is 10.9. The molecule has 0 bridgehead atoms. The van der Waals surface area contributed by atoms with Gasteiger partial charge in [-0.1, -0.05) is 40.5 Å². The molecule has 204 valence electrons. The van der Waals surface area contributed by atoms with Gasteiger partial charge in [-0.3, -0.25) is 0 Å². The summed E-state index contributed by atoms with van der Waals surface area (Å²) in [6, 6.07) is 11.8. The van der Waals surface area contributed by atoms with Gasteiger partial charge in [0.15, 0.2) is 5.69 Å². The Morgan fingerprint density at radius 3 is 2.67 bits per heavy atom. The zero-order chi connectivity index (χ0) is 27.4. The minimum Gasteiger partial charge on any atom is -0.489 e. The Morgan fingerprint density at radius 2 is 1.95 bits per heavy atom. The van der Waals surface area contributed by atoms with Crippen molar-refractivity contribution in [3.8, 4) is 17.0 Å². The third kappa shape index (κ3) is 4.39. The molecule has 8 nitrogen and oxygen atoms in total. The van der Waals surface area contributed by atoms with Crippen LogP contribution in [0.5, 0.6) is 5.75 Å². The summed E-state index contributed by atoms with van der Waals surface area (Å²) in [5.41, 5.74) is 4.79. The first-order valence-corrected chi connectivity index (χ1v) is 14.2. The average molecular weight is 577 g/mol. The summed E-state index contributed by atoms with van der Waals surface area (Å²) in [5, 5.41) is 14.6. The van der Waals surface area contributed by atoms with E-state index in [1.807, 2.05) is 12.1 Å². The van der Waals surface area contributed by atoms with Crippen LogP contribution in [-0.4, -0.2) is 39.3 Å². The van der Waals surface area contributed by atoms with Crippen LogP contribution < -0.4 is 9.64 Å². The van der Waals surface area contributed by atoms with Gasteiger partial charge in [0.05, 0.1) is 28.0 Å². The largest absolute Gasteiger partial charge is 0.489 e. The fraction of sp³-hybridized carbons (Fsp3) is 0.333. The quantitative estimate of drug-likeness (QED) is 0.259. The molecule has 2 aliphatic carbocycles. The Bertz CT molecular complexity index is 1600. The maximum absolute atomic E-state index is 11.2. The molecule has 1 atom stereocenters. The third-order valence-corrected chi connectivity index (χ3v) is 9.04. The number of hydrogen-bond donors (Lipinski definition) is 1. The van der Waals surface area contributed by atoms with Crippen LogP contribution in [0.1, 0.15) is 64.5 Å². The van der Waals surface area contributed by atoms with Gasteiger partial charge in [-0.15, -0.1) is 0 Å². The first kappa shape index (κ1) is 25.4. The van der Waals surface area contributed by atoms with Gasteiger partial charge >= 0.3 is 5.97 Å². The number of benzene rings is 2. The van der Waals surface area contributed by atoms with E-state index in [1.54, 1.807) is 18.3 Å². The number of anilines is 1. The Morgan fingerprint density at radius 1 is 1.12 bits per heavy atom. The van der Waals surface area contributed by atoms with Crippen LogP contribution >= 0.6 is 23.2 Å². The van der Waals surface area contributed by atoms with Crippen molar-refractivity contribution in [1.29, 1.82) is 0 Å². The normalized spacial score (nSPS) is 19.8. The second-order valence-corrected chi connectivity index (χ2v) is 11.7. The number of carbonyl (C=O) groups is 1. The number of fused-ring (bicyclic) bond motifs is 2. The predicted octanol–water partition coefficient (Wildman–Crippen LogP) is 6.69. The number of carboxylic acid groups (broad SMARTS) is 1. The molecule has 10 heteroatoms. The number of halogens is 2. The molecule has 0 radical (unpaired) electrons. The SMILES string of the molecule is O=C(O)c1cnc(N2CCC3(CCc4ccc(OCc5c(-c6c(Cl)cccc6Cl)noc5C5CC5)cc43)C2)cn1. The van der Waals surface area contributed by atoms with E-state index < -0.39 is 5.97 Å². The molecular weight excluding hydrogens is 551 g/mol. The van der Waals surface area contributed by atoms with Crippen LogP contribution in [0.4, 0.5) is 5.82 Å². The van der Waals surface area contributed by atoms with Crippen LogP contribution in [0.2, 0.25) is 10.0 Å². The summed E-state index contributed by atoms with van der Waals surface area (Å²) in [4.78, 5) is 21.8. The minimum absolute atomic E-state index is 0.00549. The van der Waals surface area contributed by atoms with Gasteiger partial charge < -0.3 is 19.3 Å². The smallest absolute Gasteiger partial charge is 0.356 e. The topological polar surface area (TPSA) is 102 Å². The maximum atomic E-state index is 11.2. The Balaban J connectivity index is 1.14. The fourth-order valence-corrected chi connectivity index (χ4v) is 6.73. The molecule has 3 aliphatic rings. The maximum Gasteiger partial charge on any atom is 0.356 e. The van der Waals surface area contributed by atoms with Crippen LogP contribution in [0.25, 0.3) is 11.3 Å². The molecule has 7 rings (SSSR count). The fourth-order valence-electron chi connectivity index (χ4n) is 6.16. The highest BCUT2D eigenvalue weighted by atomic mass is 35.5. The lowest BCUT2D eigenvalue weighted by molar-refractivity contribution is 0.0690. The molecule has 4 aromatic rings. The zero-order valence-corrected chi connectivity index (χ0v) is 23.1. The average Bonchev–Trinajstić information content (AvgIpc) is 3.42. The van der Waals surface area contributed by atoms with E-state index in [0.717, 1.165) is 62.3 Å². The number of ether oxygens (including phenoxy) is 1. The summed E-state index contributed by atoms with van der Waals surface area (Å²) in [6.07, 6.45) is 8.06. The molecule has 1 aliphatic heterocycles. The number of aromatic nitrogens is 3. The molecule has 3 heterocycles. The summed E-state index contributed by atoms with van der Waals surface area (Å²) in [5.74, 6) is 1.62. The number of carboxylic acids is 1. The van der Waals surface area contributed by atoms with Gasteiger partial charge in [-0.2, -0.15) is 0 Å². The Kier molecular flexibility index (Phi) is 6.20. The summed E-state index contributed by atoms with van der Waals surface area (Å²) in [6.45, 7) is 1.94. The third-order valence-electron chi connectivity index (χ3n) is 8.41. The van der Waals surface area contributed by atoms with Crippen LogP contribution in [-0.2, 0) is 18.4 Å². The first-order chi connectivity index (χ1) is 19.4. The monoisotopic (exact) mass is 576 g/mol. The van der Waals surface area contributed by atoms with Crippen molar-refractivity contribution in [2.45, 2.75) is 50.0 Å². The van der Waals surface area contributed by atoms with Crippen LogP contribution in [0, 0.1) is 0 Å². The second kappa shape index (κ2) is 9.78. The lowest BCUT2D eigenvalue weighted by Crippen LogP contribution is -2.29. The molecule has 1 N–H and O–H groups in total. The molecule has 0 amide bonds. The van der Waals surface area contributed by atoms with E-state index in [4.69, 9.17) is 37.6 Å². The highest BCUT2D eigenvalue weighted by molar-refractivity contribution is 6.39. The number of aromatic carboxylic acids is 1. The molecule has 1 unspecified atom stereocenters. The molecule has 1 saturated carbocycles. The van der Waals surface area contributed by atoms with Crippen molar-refractivity contribution in [1.82, 2.24) is 15.1 Å². The lowest BCUT2D eigenvalue weighted by Gasteiger charge is -2.26. The Labute approximate surface area is 240 Å². The predicted molar refractivity (Wildman–Crippen MR) is 151 cm³/mol. The van der Waals surface area contributed by atoms with E-state index in [2.05, 4.69) is 32.2 Å². The molecule has 2 aromatic carbocycles. The van der Waals surface area contributed by atoms with E-state index in [-0.39, 0.29) is 11.1 Å². The highest BCUT2D eigenvalue weighted by Crippen LogP contribution is 2.48. The molecule has 1 saturated heterocycles. The molecular formula is C30H26Cl2N4O4. The molecule has 2 fully saturated rings. The minimum atomic E-state index is -1.08. The van der Waals surface area contributed by atoms with Gasteiger partial charge in [0.25, 0.3) is 0 Å². The number of nitrogens with zero attached hydrogens (tertiary/aromatic N) is 4. The van der Waals surface area contributed by atoms with E-state index in [9.17, 15) is 4.79 Å².